The Morgan fingerprint density at radius 1 is 1.19 bits per heavy atom. The molecule has 1 N–H and O–H groups in total. The van der Waals surface area contributed by atoms with Crippen molar-refractivity contribution in [1.29, 1.82) is 0 Å². The van der Waals surface area contributed by atoms with Crippen LogP contribution >= 0.6 is 0 Å². The Labute approximate surface area is 125 Å². The summed E-state index contributed by atoms with van der Waals surface area (Å²) < 4.78 is 0. The molecule has 2 aliphatic rings. The summed E-state index contributed by atoms with van der Waals surface area (Å²) in [5, 5.41) is 2.98. The maximum Gasteiger partial charge on any atom is 0.253 e. The SMILES string of the molecule is CC(C)N1C(=O)C(C)(c2ccccc2)NC(=O)C1C1CC1. The molecule has 3 rings (SSSR count). The first-order valence-corrected chi connectivity index (χ1v) is 7.65. The second-order valence-corrected chi connectivity index (χ2v) is 6.57. The molecule has 2 atom stereocenters. The number of nitrogens with zero attached hydrogens (tertiary/aromatic N) is 1. The van der Waals surface area contributed by atoms with Crippen molar-refractivity contribution in [2.75, 3.05) is 0 Å². The number of hydrogen-bond acceptors (Lipinski definition) is 2. The van der Waals surface area contributed by atoms with Crippen molar-refractivity contribution in [3.05, 3.63) is 35.9 Å². The molecule has 21 heavy (non-hydrogen) atoms. The van der Waals surface area contributed by atoms with Crippen LogP contribution in [0.4, 0.5) is 0 Å². The van der Waals surface area contributed by atoms with Gasteiger partial charge in [-0.15, -0.1) is 0 Å². The fourth-order valence-electron chi connectivity index (χ4n) is 3.26. The zero-order chi connectivity index (χ0) is 15.2. The zero-order valence-corrected chi connectivity index (χ0v) is 12.8. The molecule has 4 heteroatoms. The van der Waals surface area contributed by atoms with E-state index in [0.29, 0.717) is 5.92 Å². The molecular weight excluding hydrogens is 264 g/mol. The van der Waals surface area contributed by atoms with Gasteiger partial charge in [0, 0.05) is 6.04 Å². The van der Waals surface area contributed by atoms with E-state index in [9.17, 15) is 9.59 Å². The maximum atomic E-state index is 13.1. The summed E-state index contributed by atoms with van der Waals surface area (Å²) in [6.45, 7) is 5.77. The number of benzene rings is 1. The predicted octanol–water partition coefficient (Wildman–Crippen LogP) is 2.05. The fourth-order valence-corrected chi connectivity index (χ4v) is 3.26. The molecule has 1 aromatic carbocycles. The average Bonchev–Trinajstić information content (AvgIpc) is 3.27. The molecule has 1 aliphatic carbocycles. The van der Waals surface area contributed by atoms with Crippen LogP contribution in [0.25, 0.3) is 0 Å². The van der Waals surface area contributed by atoms with Crippen LogP contribution in [0.5, 0.6) is 0 Å². The maximum absolute atomic E-state index is 13.1. The van der Waals surface area contributed by atoms with Crippen LogP contribution in [0, 0.1) is 5.92 Å². The van der Waals surface area contributed by atoms with Gasteiger partial charge < -0.3 is 10.2 Å². The number of amides is 2. The van der Waals surface area contributed by atoms with Gasteiger partial charge in [0.15, 0.2) is 0 Å². The standard InChI is InChI=1S/C17H22N2O2/c1-11(2)19-14(12-9-10-12)15(20)18-17(3,16(19)21)13-7-5-4-6-8-13/h4-8,11-12,14H,9-10H2,1-3H3,(H,18,20). The number of rotatable bonds is 3. The van der Waals surface area contributed by atoms with Crippen molar-refractivity contribution in [2.24, 2.45) is 5.92 Å². The van der Waals surface area contributed by atoms with Gasteiger partial charge in [0.25, 0.3) is 5.91 Å². The van der Waals surface area contributed by atoms with Gasteiger partial charge in [0.1, 0.15) is 11.6 Å². The van der Waals surface area contributed by atoms with Gasteiger partial charge in [0.2, 0.25) is 5.91 Å². The van der Waals surface area contributed by atoms with Gasteiger partial charge in [-0.1, -0.05) is 30.3 Å². The second kappa shape index (κ2) is 4.86. The molecule has 112 valence electrons. The van der Waals surface area contributed by atoms with Crippen molar-refractivity contribution in [3.63, 3.8) is 0 Å². The number of nitrogens with one attached hydrogen (secondary N) is 1. The van der Waals surface area contributed by atoms with Gasteiger partial charge in [0.05, 0.1) is 0 Å². The first-order chi connectivity index (χ1) is 9.95. The quantitative estimate of drug-likeness (QED) is 0.924. The van der Waals surface area contributed by atoms with Gasteiger partial charge in [-0.05, 0) is 45.1 Å². The number of carbonyl (C=O) groups excluding carboxylic acids is 2. The van der Waals surface area contributed by atoms with Crippen LogP contribution in [0.2, 0.25) is 0 Å². The molecule has 1 aromatic rings. The lowest BCUT2D eigenvalue weighted by Crippen LogP contribution is -2.69. The van der Waals surface area contributed by atoms with Gasteiger partial charge in [-0.2, -0.15) is 0 Å². The lowest BCUT2D eigenvalue weighted by Gasteiger charge is -2.46. The smallest absolute Gasteiger partial charge is 0.253 e. The Morgan fingerprint density at radius 2 is 1.81 bits per heavy atom. The molecule has 4 nitrogen and oxygen atoms in total. The Balaban J connectivity index is 2.01. The number of carbonyl (C=O) groups is 2. The molecule has 1 saturated heterocycles. The third kappa shape index (κ3) is 2.23. The Kier molecular flexibility index (Phi) is 3.27. The summed E-state index contributed by atoms with van der Waals surface area (Å²) >= 11 is 0. The molecule has 2 amide bonds. The van der Waals surface area contributed by atoms with Gasteiger partial charge in [-0.3, -0.25) is 9.59 Å². The summed E-state index contributed by atoms with van der Waals surface area (Å²) in [6, 6.07) is 9.23. The van der Waals surface area contributed by atoms with Crippen molar-refractivity contribution < 1.29 is 9.59 Å². The van der Waals surface area contributed by atoms with E-state index in [0.717, 1.165) is 18.4 Å². The van der Waals surface area contributed by atoms with Crippen LogP contribution in [0.3, 0.4) is 0 Å². The number of hydrogen-bond donors (Lipinski definition) is 1. The second-order valence-electron chi connectivity index (χ2n) is 6.57. The van der Waals surface area contributed by atoms with E-state index in [1.807, 2.05) is 44.2 Å². The third-order valence-electron chi connectivity index (χ3n) is 4.58. The predicted molar refractivity (Wildman–Crippen MR) is 80.4 cm³/mol. The Bertz CT molecular complexity index is 565. The highest BCUT2D eigenvalue weighted by molar-refractivity contribution is 6.00. The van der Waals surface area contributed by atoms with E-state index >= 15 is 0 Å². The minimum atomic E-state index is -0.964. The molecule has 2 unspecified atom stereocenters. The molecule has 2 fully saturated rings. The highest BCUT2D eigenvalue weighted by Gasteiger charge is 2.53. The molecule has 0 aromatic heterocycles. The monoisotopic (exact) mass is 286 g/mol. The molecule has 1 aliphatic heterocycles. The first-order valence-electron chi connectivity index (χ1n) is 7.65. The normalized spacial score (nSPS) is 29.7. The zero-order valence-electron chi connectivity index (χ0n) is 12.8. The first kappa shape index (κ1) is 14.1. The highest BCUT2D eigenvalue weighted by Crippen LogP contribution is 2.40. The van der Waals surface area contributed by atoms with E-state index < -0.39 is 5.54 Å². The molecule has 0 bridgehead atoms. The third-order valence-corrected chi connectivity index (χ3v) is 4.58. The van der Waals surface area contributed by atoms with E-state index in [1.54, 1.807) is 11.8 Å². The van der Waals surface area contributed by atoms with Crippen LogP contribution < -0.4 is 5.32 Å². The van der Waals surface area contributed by atoms with Crippen molar-refractivity contribution >= 4 is 11.8 Å². The lowest BCUT2D eigenvalue weighted by atomic mass is 9.85. The van der Waals surface area contributed by atoms with Gasteiger partial charge in [-0.25, -0.2) is 0 Å². The number of piperazine rings is 1. The van der Waals surface area contributed by atoms with E-state index in [4.69, 9.17) is 0 Å². The molecule has 1 saturated carbocycles. The van der Waals surface area contributed by atoms with Crippen molar-refractivity contribution in [1.82, 2.24) is 10.2 Å². The summed E-state index contributed by atoms with van der Waals surface area (Å²) in [4.78, 5) is 27.5. The minimum Gasteiger partial charge on any atom is -0.336 e. The molecule has 1 heterocycles. The van der Waals surface area contributed by atoms with Crippen molar-refractivity contribution in [3.8, 4) is 0 Å². The van der Waals surface area contributed by atoms with Gasteiger partial charge >= 0.3 is 0 Å². The molecule has 0 spiro atoms. The van der Waals surface area contributed by atoms with Crippen molar-refractivity contribution in [2.45, 2.75) is 51.2 Å². The van der Waals surface area contributed by atoms with Crippen LogP contribution in [-0.4, -0.2) is 28.8 Å². The highest BCUT2D eigenvalue weighted by atomic mass is 16.2. The molecule has 0 radical (unpaired) electrons. The topological polar surface area (TPSA) is 49.4 Å². The average molecular weight is 286 g/mol. The Morgan fingerprint density at radius 3 is 2.33 bits per heavy atom. The van der Waals surface area contributed by atoms with Crippen LogP contribution in [0.1, 0.15) is 39.2 Å². The largest absolute Gasteiger partial charge is 0.336 e. The lowest BCUT2D eigenvalue weighted by molar-refractivity contribution is -0.158. The fraction of sp³-hybridized carbons (Fsp3) is 0.529. The van der Waals surface area contributed by atoms with Crippen LogP contribution in [0.15, 0.2) is 30.3 Å². The summed E-state index contributed by atoms with van der Waals surface area (Å²) in [5.74, 6) is 0.314. The minimum absolute atomic E-state index is 0.000185. The Hall–Kier alpha value is -1.84. The summed E-state index contributed by atoms with van der Waals surface area (Å²) in [6.07, 6.45) is 2.08. The van der Waals surface area contributed by atoms with E-state index in [2.05, 4.69) is 5.32 Å². The van der Waals surface area contributed by atoms with E-state index in [-0.39, 0.29) is 23.9 Å². The summed E-state index contributed by atoms with van der Waals surface area (Å²) in [5.41, 5.74) is -0.128. The van der Waals surface area contributed by atoms with E-state index in [1.165, 1.54) is 0 Å². The van der Waals surface area contributed by atoms with Crippen LogP contribution in [-0.2, 0) is 15.1 Å². The molecular formula is C17H22N2O2. The summed E-state index contributed by atoms with van der Waals surface area (Å²) in [7, 11) is 0.